The molecule has 19 nitrogen and oxygen atoms in total. The third-order valence-electron chi connectivity index (χ3n) is 5.02. The van der Waals surface area contributed by atoms with E-state index >= 15 is 0 Å². The summed E-state index contributed by atoms with van der Waals surface area (Å²) in [7, 11) is -4.31. The summed E-state index contributed by atoms with van der Waals surface area (Å²) in [6, 6.07) is -1.65. The molecule has 1 saturated heterocycles. The van der Waals surface area contributed by atoms with Gasteiger partial charge in [-0.25, -0.2) is 13.9 Å². The van der Waals surface area contributed by atoms with Crippen molar-refractivity contribution in [2.75, 3.05) is 20.3 Å². The van der Waals surface area contributed by atoms with Crippen LogP contribution in [-0.4, -0.2) is 125 Å². The highest BCUT2D eigenvalue weighted by atomic mass is 31.2. The van der Waals surface area contributed by atoms with E-state index < -0.39 is 81.4 Å². The van der Waals surface area contributed by atoms with E-state index in [9.17, 15) is 49.4 Å². The summed E-state index contributed by atoms with van der Waals surface area (Å²) in [5.74, 6) is -6.47. The number of aliphatic hydroxyl groups is 4. The van der Waals surface area contributed by atoms with Crippen LogP contribution < -0.4 is 10.6 Å². The van der Waals surface area contributed by atoms with Crippen molar-refractivity contribution in [3.63, 3.8) is 0 Å². The van der Waals surface area contributed by atoms with Crippen molar-refractivity contribution >= 4 is 25.6 Å². The maximum absolute atomic E-state index is 12.4. The zero-order valence-corrected chi connectivity index (χ0v) is 20.4. The van der Waals surface area contributed by atoms with Crippen molar-refractivity contribution in [2.45, 2.75) is 56.0 Å². The number of aryl methyl sites for hydroxylation is 1. The first-order chi connectivity index (χ1) is 17.2. The average Bonchev–Trinajstić information content (AvgIpc) is 2.84. The Kier molecular flexibility index (Phi) is 10.4. The highest BCUT2D eigenvalue weighted by Crippen LogP contribution is 2.50. The van der Waals surface area contributed by atoms with E-state index in [1.807, 2.05) is 0 Å². The van der Waals surface area contributed by atoms with Crippen LogP contribution in [-0.2, 0) is 39.2 Å². The second-order valence-corrected chi connectivity index (χ2v) is 9.29. The van der Waals surface area contributed by atoms with Gasteiger partial charge in [-0.05, 0) is 6.92 Å². The van der Waals surface area contributed by atoms with Gasteiger partial charge >= 0.3 is 13.8 Å². The predicted octanol–water partition coefficient (Wildman–Crippen LogP) is -4.87. The number of ether oxygens (including phenoxy) is 1. The van der Waals surface area contributed by atoms with Crippen LogP contribution in [0.2, 0.25) is 0 Å². The van der Waals surface area contributed by atoms with Gasteiger partial charge in [-0.15, -0.1) is 20.4 Å². The van der Waals surface area contributed by atoms with Gasteiger partial charge in [0.25, 0.3) is 5.79 Å². The molecule has 1 fully saturated rings. The number of hydrogen-bond donors (Lipinski definition) is 8. The van der Waals surface area contributed by atoms with Gasteiger partial charge < -0.3 is 45.8 Å². The summed E-state index contributed by atoms with van der Waals surface area (Å²) in [5, 5.41) is 68.7. The zero-order chi connectivity index (χ0) is 28.0. The number of carbonyl (C=O) groups excluding carboxylic acids is 2. The number of carboxylic acid groups (broad SMARTS) is 1. The van der Waals surface area contributed by atoms with Crippen molar-refractivity contribution in [2.24, 2.45) is 0 Å². The SMILES string of the molecule is COP(=O)(O)OC1(C(=O)O)CC(O)C(NC(=O)CNC(=O)Cc2nnc(C)nn2)C([C@H](O)[C@H](O)CO)O1. The van der Waals surface area contributed by atoms with E-state index in [4.69, 9.17) is 4.74 Å². The Morgan fingerprint density at radius 1 is 1.22 bits per heavy atom. The van der Waals surface area contributed by atoms with Crippen molar-refractivity contribution in [3.8, 4) is 0 Å². The predicted molar refractivity (Wildman–Crippen MR) is 114 cm³/mol. The monoisotopic (exact) mass is 554 g/mol. The third kappa shape index (κ3) is 8.12. The van der Waals surface area contributed by atoms with E-state index in [0.717, 1.165) is 7.11 Å². The topological polar surface area (TPSA) is 293 Å². The van der Waals surface area contributed by atoms with Crippen LogP contribution >= 0.6 is 7.82 Å². The van der Waals surface area contributed by atoms with Gasteiger partial charge in [0.1, 0.15) is 18.3 Å². The maximum atomic E-state index is 12.4. The van der Waals surface area contributed by atoms with Gasteiger partial charge in [0, 0.05) is 13.5 Å². The van der Waals surface area contributed by atoms with Gasteiger partial charge in [0.05, 0.1) is 31.7 Å². The minimum atomic E-state index is -5.04. The van der Waals surface area contributed by atoms with Crippen LogP contribution in [0.4, 0.5) is 0 Å². The largest absolute Gasteiger partial charge is 0.477 e. The normalized spacial score (nSPS) is 26.9. The van der Waals surface area contributed by atoms with E-state index in [0.29, 0.717) is 0 Å². The fourth-order valence-electron chi connectivity index (χ4n) is 3.20. The second-order valence-electron chi connectivity index (χ2n) is 7.81. The Hall–Kier alpha value is -2.74. The third-order valence-corrected chi connectivity index (χ3v) is 6.01. The van der Waals surface area contributed by atoms with E-state index in [1.165, 1.54) is 6.92 Å². The molecule has 5 unspecified atom stereocenters. The smallest absolute Gasteiger partial charge is 0.474 e. The van der Waals surface area contributed by atoms with Gasteiger partial charge in [-0.3, -0.25) is 14.1 Å². The van der Waals surface area contributed by atoms with Crippen LogP contribution in [0, 0.1) is 6.92 Å². The molecule has 0 radical (unpaired) electrons. The number of phosphoric ester groups is 1. The first-order valence-electron chi connectivity index (χ1n) is 10.5. The second kappa shape index (κ2) is 12.7. The summed E-state index contributed by atoms with van der Waals surface area (Å²) in [6.45, 7) is -0.180. The van der Waals surface area contributed by atoms with Crippen LogP contribution in [0.15, 0.2) is 0 Å². The van der Waals surface area contributed by atoms with Crippen molar-refractivity contribution in [1.29, 1.82) is 0 Å². The highest BCUT2D eigenvalue weighted by molar-refractivity contribution is 7.47. The molecule has 208 valence electrons. The summed E-state index contributed by atoms with van der Waals surface area (Å²) >= 11 is 0. The van der Waals surface area contributed by atoms with Crippen molar-refractivity contribution < 1.29 is 63.2 Å². The molecule has 1 aliphatic heterocycles. The lowest BCUT2D eigenvalue weighted by molar-refractivity contribution is -0.288. The molecule has 2 heterocycles. The summed E-state index contributed by atoms with van der Waals surface area (Å²) in [6.07, 6.45) is -9.42. The first-order valence-corrected chi connectivity index (χ1v) is 12.0. The molecule has 20 heteroatoms. The Morgan fingerprint density at radius 3 is 2.38 bits per heavy atom. The summed E-state index contributed by atoms with van der Waals surface area (Å²) in [4.78, 5) is 46.0. The standard InChI is InChI=1S/C17H27N6O13P/c1-7-20-22-10(23-21-7)3-11(27)18-5-12(28)19-13-8(25)4-17(16(30)31,36-37(32,33)34-2)35-15(13)14(29)9(26)6-24/h8-9,13-15,24-26,29H,3-6H2,1-2H3,(H,18,27)(H,19,28)(H,30,31)(H,32,33)/t8?,9-,13?,14-,15?,17?/m1/s1. The van der Waals surface area contributed by atoms with Crippen molar-refractivity contribution in [1.82, 2.24) is 31.0 Å². The number of hydrogen-bond acceptors (Lipinski definition) is 15. The number of aromatic nitrogens is 4. The molecule has 0 saturated carbocycles. The fourth-order valence-corrected chi connectivity index (χ4v) is 3.84. The minimum Gasteiger partial charge on any atom is -0.477 e. The Labute approximate surface area is 208 Å². The Bertz CT molecular complexity index is 1020. The molecule has 7 atom stereocenters. The average molecular weight is 554 g/mol. The molecule has 0 spiro atoms. The van der Waals surface area contributed by atoms with Crippen LogP contribution in [0.1, 0.15) is 18.1 Å². The molecule has 1 aliphatic rings. The lowest BCUT2D eigenvalue weighted by Gasteiger charge is -2.46. The molecule has 0 aliphatic carbocycles. The van der Waals surface area contributed by atoms with Gasteiger partial charge in [0.2, 0.25) is 11.8 Å². The molecule has 1 aromatic rings. The highest BCUT2D eigenvalue weighted by Gasteiger charge is 2.58. The lowest BCUT2D eigenvalue weighted by atomic mass is 9.88. The van der Waals surface area contributed by atoms with Gasteiger partial charge in [-0.1, -0.05) is 0 Å². The van der Waals surface area contributed by atoms with Crippen LogP contribution in [0.3, 0.4) is 0 Å². The minimum absolute atomic E-state index is 0.0250. The molecular formula is C17H27N6O13P. The fraction of sp³-hybridized carbons (Fsp3) is 0.706. The van der Waals surface area contributed by atoms with Gasteiger partial charge in [-0.2, -0.15) is 0 Å². The molecule has 0 bridgehead atoms. The number of nitrogens with zero attached hydrogens (tertiary/aromatic N) is 4. The number of aliphatic hydroxyl groups excluding tert-OH is 4. The quantitative estimate of drug-likeness (QED) is 0.112. The maximum Gasteiger partial charge on any atom is 0.474 e. The molecule has 2 amide bonds. The Balaban J connectivity index is 2.16. The molecule has 37 heavy (non-hydrogen) atoms. The Morgan fingerprint density at radius 2 is 1.84 bits per heavy atom. The molecular weight excluding hydrogens is 527 g/mol. The number of rotatable bonds is 12. The number of carbonyl (C=O) groups is 3. The van der Waals surface area contributed by atoms with Crippen LogP contribution in [0.5, 0.6) is 0 Å². The van der Waals surface area contributed by atoms with Crippen molar-refractivity contribution in [3.05, 3.63) is 11.6 Å². The number of amides is 2. The van der Waals surface area contributed by atoms with Gasteiger partial charge in [0.15, 0.2) is 11.6 Å². The number of phosphoric acid groups is 1. The molecule has 2 rings (SSSR count). The zero-order valence-electron chi connectivity index (χ0n) is 19.5. The summed E-state index contributed by atoms with van der Waals surface area (Å²) in [5.41, 5.74) is 0. The number of carboxylic acids is 1. The molecule has 0 aromatic carbocycles. The molecule has 1 aromatic heterocycles. The van der Waals surface area contributed by atoms with Crippen LogP contribution in [0.25, 0.3) is 0 Å². The summed E-state index contributed by atoms with van der Waals surface area (Å²) < 4.78 is 25.9. The number of aliphatic carboxylic acids is 1. The van der Waals surface area contributed by atoms with E-state index in [2.05, 4.69) is 40.1 Å². The first kappa shape index (κ1) is 30.5. The van der Waals surface area contributed by atoms with E-state index in [-0.39, 0.29) is 18.1 Å². The number of nitrogens with one attached hydrogen (secondary N) is 2. The van der Waals surface area contributed by atoms with E-state index in [1.54, 1.807) is 0 Å². The lowest BCUT2D eigenvalue weighted by Crippen LogP contribution is -2.68. The molecule has 8 N–H and O–H groups in total.